The molecule has 0 aliphatic rings. The van der Waals surface area contributed by atoms with Crippen LogP contribution < -0.4 is 5.73 Å². The highest BCUT2D eigenvalue weighted by Crippen LogP contribution is 2.36. The quantitative estimate of drug-likeness (QED) is 0.346. The lowest BCUT2D eigenvalue weighted by Gasteiger charge is -2.07. The Balaban J connectivity index is 2.06. The lowest BCUT2D eigenvalue weighted by molar-refractivity contribution is 0.474. The lowest BCUT2D eigenvalue weighted by Crippen LogP contribution is -2.08. The number of amidine groups is 1. The van der Waals surface area contributed by atoms with Crippen molar-refractivity contribution in [3.8, 4) is 16.9 Å². The molecule has 25 heavy (non-hydrogen) atoms. The van der Waals surface area contributed by atoms with E-state index >= 15 is 0 Å². The maximum absolute atomic E-state index is 13.1. The average Bonchev–Trinajstić information content (AvgIpc) is 3.06. The molecule has 0 radical (unpaired) electrons. The molecule has 0 aliphatic heterocycles. The molecule has 0 bridgehead atoms. The normalized spacial score (nSPS) is 12.0. The fraction of sp³-hybridized carbons (Fsp3) is 0.0556. The minimum atomic E-state index is -1.47. The predicted octanol–water partition coefficient (Wildman–Crippen LogP) is 4.29. The number of rotatable bonds is 5. The van der Waals surface area contributed by atoms with Gasteiger partial charge in [0, 0.05) is 4.90 Å². The number of benzene rings is 2. The standard InChI is InChI=1S/C18H16N2O2S3/c1-23-18-16(10-15(24-18)17(19)20)25(22)14-8-12(7-13(21)9-14)11-5-3-2-4-6-11/h2-10,21H,1H3,(H3,19,20). The second kappa shape index (κ2) is 7.43. The van der Waals surface area contributed by atoms with Gasteiger partial charge in [0.15, 0.2) is 0 Å². The molecule has 4 nitrogen and oxygen atoms in total. The smallest absolute Gasteiger partial charge is 0.133 e. The van der Waals surface area contributed by atoms with Crippen LogP contribution >= 0.6 is 23.1 Å². The third-order valence-electron chi connectivity index (χ3n) is 3.53. The number of hydrogen-bond donors (Lipinski definition) is 3. The van der Waals surface area contributed by atoms with E-state index in [0.717, 1.165) is 15.3 Å². The molecule has 3 rings (SSSR count). The van der Waals surface area contributed by atoms with Gasteiger partial charge >= 0.3 is 0 Å². The fourth-order valence-electron chi connectivity index (χ4n) is 2.38. The van der Waals surface area contributed by atoms with Crippen LogP contribution in [0.25, 0.3) is 11.1 Å². The molecular weight excluding hydrogens is 372 g/mol. The molecule has 7 heteroatoms. The highest BCUT2D eigenvalue weighted by atomic mass is 32.2. The third kappa shape index (κ3) is 3.78. The van der Waals surface area contributed by atoms with E-state index in [9.17, 15) is 9.32 Å². The molecule has 0 fully saturated rings. The molecule has 0 amide bonds. The van der Waals surface area contributed by atoms with Gasteiger partial charge in [-0.05, 0) is 41.6 Å². The number of nitrogens with one attached hydrogen (secondary N) is 1. The van der Waals surface area contributed by atoms with Gasteiger partial charge in [0.05, 0.1) is 24.8 Å². The van der Waals surface area contributed by atoms with E-state index in [0.29, 0.717) is 14.7 Å². The summed E-state index contributed by atoms with van der Waals surface area (Å²) in [5.74, 6) is 0.0295. The van der Waals surface area contributed by atoms with Crippen LogP contribution in [0.2, 0.25) is 0 Å². The maximum atomic E-state index is 13.1. The molecule has 128 valence electrons. The SMILES string of the molecule is CSc1sc(C(=N)N)cc1S(=O)c1cc(O)cc(-c2ccccc2)c1. The number of phenolic OH excluding ortho intramolecular Hbond substituents is 1. The van der Waals surface area contributed by atoms with Crippen LogP contribution in [0.3, 0.4) is 0 Å². The van der Waals surface area contributed by atoms with Gasteiger partial charge in [-0.25, -0.2) is 4.21 Å². The van der Waals surface area contributed by atoms with Crippen molar-refractivity contribution in [1.29, 1.82) is 5.41 Å². The summed E-state index contributed by atoms with van der Waals surface area (Å²) in [6.07, 6.45) is 1.90. The number of thiophene rings is 1. The maximum Gasteiger partial charge on any atom is 0.133 e. The van der Waals surface area contributed by atoms with Gasteiger partial charge in [-0.3, -0.25) is 5.41 Å². The van der Waals surface area contributed by atoms with E-state index in [-0.39, 0.29) is 11.6 Å². The van der Waals surface area contributed by atoms with Gasteiger partial charge in [0.2, 0.25) is 0 Å². The zero-order valence-corrected chi connectivity index (χ0v) is 15.8. The Morgan fingerprint density at radius 1 is 1.16 bits per heavy atom. The van der Waals surface area contributed by atoms with Crippen molar-refractivity contribution in [3.63, 3.8) is 0 Å². The lowest BCUT2D eigenvalue weighted by atomic mass is 10.1. The molecule has 0 spiro atoms. The fourth-order valence-corrected chi connectivity index (χ4v) is 5.88. The zero-order chi connectivity index (χ0) is 18.0. The molecule has 3 aromatic rings. The molecule has 0 aliphatic carbocycles. The minimum Gasteiger partial charge on any atom is -0.508 e. The Hall–Kier alpha value is -2.09. The summed E-state index contributed by atoms with van der Waals surface area (Å²) in [5.41, 5.74) is 7.30. The van der Waals surface area contributed by atoms with Crippen LogP contribution in [0.5, 0.6) is 5.75 Å². The van der Waals surface area contributed by atoms with Crippen LogP contribution in [-0.4, -0.2) is 21.4 Å². The number of phenols is 1. The monoisotopic (exact) mass is 388 g/mol. The molecule has 2 aromatic carbocycles. The Kier molecular flexibility index (Phi) is 5.27. The van der Waals surface area contributed by atoms with Crippen LogP contribution in [0.15, 0.2) is 68.6 Å². The second-order valence-corrected chi connectivity index (χ2v) is 8.81. The largest absolute Gasteiger partial charge is 0.508 e. The van der Waals surface area contributed by atoms with E-state index in [4.69, 9.17) is 11.1 Å². The van der Waals surface area contributed by atoms with Crippen LogP contribution in [0, 0.1) is 5.41 Å². The van der Waals surface area contributed by atoms with Gasteiger partial charge in [0.25, 0.3) is 0 Å². The zero-order valence-electron chi connectivity index (χ0n) is 13.4. The minimum absolute atomic E-state index is 0.0376. The van der Waals surface area contributed by atoms with E-state index in [2.05, 4.69) is 0 Å². The second-order valence-electron chi connectivity index (χ2n) is 5.23. The van der Waals surface area contributed by atoms with Gasteiger partial charge < -0.3 is 10.8 Å². The summed E-state index contributed by atoms with van der Waals surface area (Å²) in [6, 6.07) is 16.3. The van der Waals surface area contributed by atoms with Gasteiger partial charge in [-0.1, -0.05) is 30.3 Å². The number of nitrogen functional groups attached to an aromatic ring is 1. The van der Waals surface area contributed by atoms with Crippen LogP contribution in [-0.2, 0) is 10.8 Å². The van der Waals surface area contributed by atoms with Gasteiger partial charge in [-0.15, -0.1) is 23.1 Å². The first-order valence-corrected chi connectivity index (χ1v) is 10.5. The summed E-state index contributed by atoms with van der Waals surface area (Å²) in [6.45, 7) is 0. The van der Waals surface area contributed by atoms with Crippen molar-refractivity contribution in [2.75, 3.05) is 6.26 Å². The van der Waals surface area contributed by atoms with Crippen molar-refractivity contribution in [2.24, 2.45) is 5.73 Å². The van der Waals surface area contributed by atoms with E-state index in [1.807, 2.05) is 42.7 Å². The average molecular weight is 389 g/mol. The molecule has 0 saturated heterocycles. The molecule has 1 atom stereocenters. The van der Waals surface area contributed by atoms with Crippen molar-refractivity contribution < 1.29 is 9.32 Å². The van der Waals surface area contributed by atoms with E-state index < -0.39 is 10.8 Å². The first-order valence-electron chi connectivity index (χ1n) is 7.33. The molecule has 1 aromatic heterocycles. The van der Waals surface area contributed by atoms with E-state index in [1.165, 1.54) is 29.2 Å². The summed E-state index contributed by atoms with van der Waals surface area (Å²) >= 11 is 2.83. The van der Waals surface area contributed by atoms with Gasteiger partial charge in [-0.2, -0.15) is 0 Å². The van der Waals surface area contributed by atoms with Crippen LogP contribution in [0.1, 0.15) is 4.88 Å². The number of thioether (sulfide) groups is 1. The first kappa shape index (κ1) is 17.7. The molecule has 4 N–H and O–H groups in total. The summed E-state index contributed by atoms with van der Waals surface area (Å²) < 4.78 is 13.9. The number of aromatic hydroxyl groups is 1. The predicted molar refractivity (Wildman–Crippen MR) is 105 cm³/mol. The summed E-state index contributed by atoms with van der Waals surface area (Å²) in [5, 5.41) is 17.7. The Morgan fingerprint density at radius 3 is 2.52 bits per heavy atom. The highest BCUT2D eigenvalue weighted by Gasteiger charge is 2.18. The van der Waals surface area contributed by atoms with Crippen molar-refractivity contribution in [1.82, 2.24) is 0 Å². The highest BCUT2D eigenvalue weighted by molar-refractivity contribution is 8.01. The summed E-state index contributed by atoms with van der Waals surface area (Å²) in [7, 11) is -1.47. The Labute approximate surface area is 156 Å². The van der Waals surface area contributed by atoms with E-state index in [1.54, 1.807) is 12.1 Å². The molecule has 0 saturated carbocycles. The topological polar surface area (TPSA) is 87.2 Å². The number of hydrogen-bond acceptors (Lipinski definition) is 5. The Bertz CT molecular complexity index is 952. The first-order chi connectivity index (χ1) is 12.0. The molecule has 1 unspecified atom stereocenters. The third-order valence-corrected chi connectivity index (χ3v) is 7.48. The number of nitrogens with two attached hydrogens (primary N) is 1. The summed E-state index contributed by atoms with van der Waals surface area (Å²) in [4.78, 5) is 1.73. The molecule has 1 heterocycles. The van der Waals surface area contributed by atoms with Crippen LogP contribution in [0.4, 0.5) is 0 Å². The van der Waals surface area contributed by atoms with Gasteiger partial charge in [0.1, 0.15) is 11.6 Å². The molecular formula is C18H16N2O2S3. The van der Waals surface area contributed by atoms with Crippen molar-refractivity contribution in [2.45, 2.75) is 14.0 Å². The van der Waals surface area contributed by atoms with Crippen molar-refractivity contribution >= 4 is 39.7 Å². The van der Waals surface area contributed by atoms with Crippen molar-refractivity contribution in [3.05, 3.63) is 59.5 Å². The Morgan fingerprint density at radius 2 is 1.88 bits per heavy atom.